The monoisotopic (exact) mass is 263 g/mol. The van der Waals surface area contributed by atoms with Gasteiger partial charge in [-0.15, -0.1) is 0 Å². The molecule has 1 fully saturated rings. The summed E-state index contributed by atoms with van der Waals surface area (Å²) in [7, 11) is 0. The van der Waals surface area contributed by atoms with Crippen LogP contribution in [0.2, 0.25) is 0 Å². The summed E-state index contributed by atoms with van der Waals surface area (Å²) >= 11 is 0. The number of ether oxygens (including phenoxy) is 1. The molecule has 1 N–H and O–H groups in total. The Kier molecular flexibility index (Phi) is 4.22. The van der Waals surface area contributed by atoms with Crippen molar-refractivity contribution in [1.29, 1.82) is 0 Å². The minimum absolute atomic E-state index is 0.0475. The van der Waals surface area contributed by atoms with Gasteiger partial charge in [-0.25, -0.2) is 0 Å². The van der Waals surface area contributed by atoms with Gasteiger partial charge in [0.25, 0.3) is 5.91 Å². The van der Waals surface area contributed by atoms with E-state index in [2.05, 4.69) is 0 Å². The van der Waals surface area contributed by atoms with Gasteiger partial charge in [-0.2, -0.15) is 0 Å². The summed E-state index contributed by atoms with van der Waals surface area (Å²) in [5, 5.41) is 9.87. The molecule has 1 aromatic rings. The van der Waals surface area contributed by atoms with Gasteiger partial charge in [0.2, 0.25) is 0 Å². The van der Waals surface area contributed by atoms with Gasteiger partial charge in [-0.05, 0) is 25.8 Å². The van der Waals surface area contributed by atoms with Gasteiger partial charge in [0.15, 0.2) is 0 Å². The lowest BCUT2D eigenvalue weighted by atomic mass is 10.1. The third-order valence-electron chi connectivity index (χ3n) is 3.45. The Morgan fingerprint density at radius 1 is 1.47 bits per heavy atom. The lowest BCUT2D eigenvalue weighted by molar-refractivity contribution is -0.143. The molecule has 0 saturated carbocycles. The van der Waals surface area contributed by atoms with Gasteiger partial charge >= 0.3 is 0 Å². The Bertz CT molecular complexity index is 430. The van der Waals surface area contributed by atoms with Crippen LogP contribution in [0.4, 0.5) is 0 Å². The van der Waals surface area contributed by atoms with Gasteiger partial charge in [-0.3, -0.25) is 4.79 Å². The lowest BCUT2D eigenvalue weighted by Gasteiger charge is -2.22. The Balaban J connectivity index is 1.83. The molecule has 4 heteroatoms. The highest BCUT2D eigenvalue weighted by molar-refractivity contribution is 5.80. The summed E-state index contributed by atoms with van der Waals surface area (Å²) in [6.45, 7) is 4.95. The van der Waals surface area contributed by atoms with Crippen LogP contribution in [-0.4, -0.2) is 40.7 Å². The number of hydrogen-bond acceptors (Lipinski definition) is 3. The molecular formula is C15H21NO3. The molecule has 1 heterocycles. The van der Waals surface area contributed by atoms with Gasteiger partial charge in [0.1, 0.15) is 6.10 Å². The molecule has 4 nitrogen and oxygen atoms in total. The summed E-state index contributed by atoms with van der Waals surface area (Å²) in [4.78, 5) is 13.8. The number of nitrogens with zero attached hydrogens (tertiary/aromatic N) is 1. The lowest BCUT2D eigenvalue weighted by Crippen LogP contribution is -2.40. The summed E-state index contributed by atoms with van der Waals surface area (Å²) < 4.78 is 5.60. The Morgan fingerprint density at radius 3 is 2.74 bits per heavy atom. The van der Waals surface area contributed by atoms with E-state index in [0.29, 0.717) is 26.1 Å². The molecule has 0 aliphatic carbocycles. The van der Waals surface area contributed by atoms with E-state index in [-0.39, 0.29) is 5.91 Å². The molecule has 2 unspecified atom stereocenters. The first-order valence-electron chi connectivity index (χ1n) is 6.65. The fourth-order valence-corrected chi connectivity index (χ4v) is 2.26. The van der Waals surface area contributed by atoms with Crippen LogP contribution in [0.5, 0.6) is 0 Å². The van der Waals surface area contributed by atoms with Gasteiger partial charge in [0.05, 0.1) is 12.2 Å². The third-order valence-corrected chi connectivity index (χ3v) is 3.45. The highest BCUT2D eigenvalue weighted by Crippen LogP contribution is 2.21. The Labute approximate surface area is 114 Å². The normalized spacial score (nSPS) is 24.5. The average molecular weight is 263 g/mol. The molecule has 2 atom stereocenters. The zero-order valence-electron chi connectivity index (χ0n) is 11.5. The quantitative estimate of drug-likeness (QED) is 0.897. The molecule has 1 aliphatic heterocycles. The van der Waals surface area contributed by atoms with Crippen LogP contribution in [0.1, 0.15) is 25.8 Å². The first-order valence-corrected chi connectivity index (χ1v) is 6.65. The Morgan fingerprint density at radius 2 is 2.16 bits per heavy atom. The zero-order valence-corrected chi connectivity index (χ0v) is 11.5. The van der Waals surface area contributed by atoms with Crippen molar-refractivity contribution in [1.82, 2.24) is 4.90 Å². The number of rotatable bonds is 4. The van der Waals surface area contributed by atoms with Crippen LogP contribution in [0.25, 0.3) is 0 Å². The molecule has 1 amide bonds. The molecule has 0 spiro atoms. The maximum atomic E-state index is 12.1. The standard InChI is InChI=1S/C15H21NO3/c1-12(19-10-13-6-4-3-5-7-13)14(17)16-9-8-15(2,18)11-16/h3-7,12,18H,8-11H2,1-2H3. The highest BCUT2D eigenvalue weighted by atomic mass is 16.5. The number of likely N-dealkylation sites (tertiary alicyclic amines) is 1. The van der Waals surface area contributed by atoms with Crippen molar-refractivity contribution in [3.63, 3.8) is 0 Å². The molecular weight excluding hydrogens is 242 g/mol. The van der Waals surface area contributed by atoms with Crippen molar-refractivity contribution < 1.29 is 14.6 Å². The van der Waals surface area contributed by atoms with Crippen molar-refractivity contribution in [3.05, 3.63) is 35.9 Å². The Hall–Kier alpha value is -1.39. The molecule has 0 radical (unpaired) electrons. The van der Waals surface area contributed by atoms with Crippen LogP contribution in [-0.2, 0) is 16.1 Å². The first kappa shape index (κ1) is 14.0. The number of hydrogen-bond donors (Lipinski definition) is 1. The van der Waals surface area contributed by atoms with Crippen LogP contribution >= 0.6 is 0 Å². The molecule has 19 heavy (non-hydrogen) atoms. The van der Waals surface area contributed by atoms with Gasteiger partial charge in [-0.1, -0.05) is 30.3 Å². The molecule has 0 aromatic heterocycles. The number of β-amino-alcohol motifs (C(OH)–C–C–N with tert-alkyl or cyclic N) is 1. The summed E-state index contributed by atoms with van der Waals surface area (Å²) in [5.74, 6) is -0.0475. The van der Waals surface area contributed by atoms with Gasteiger partial charge in [0, 0.05) is 13.1 Å². The molecule has 0 bridgehead atoms. The van der Waals surface area contributed by atoms with Crippen LogP contribution in [0, 0.1) is 0 Å². The second-order valence-electron chi connectivity index (χ2n) is 5.45. The maximum Gasteiger partial charge on any atom is 0.251 e. The zero-order chi connectivity index (χ0) is 13.9. The molecule has 2 rings (SSSR count). The van der Waals surface area contributed by atoms with E-state index in [9.17, 15) is 9.90 Å². The molecule has 1 saturated heterocycles. The van der Waals surface area contributed by atoms with E-state index in [0.717, 1.165) is 5.56 Å². The van der Waals surface area contributed by atoms with Crippen molar-refractivity contribution in [2.24, 2.45) is 0 Å². The minimum Gasteiger partial charge on any atom is -0.388 e. The number of amides is 1. The number of carbonyl (C=O) groups excluding carboxylic acids is 1. The molecule has 104 valence electrons. The molecule has 1 aromatic carbocycles. The number of benzene rings is 1. The maximum absolute atomic E-state index is 12.1. The smallest absolute Gasteiger partial charge is 0.251 e. The fraction of sp³-hybridized carbons (Fsp3) is 0.533. The predicted molar refractivity (Wildman–Crippen MR) is 72.5 cm³/mol. The van der Waals surface area contributed by atoms with Crippen molar-refractivity contribution >= 4 is 5.91 Å². The largest absolute Gasteiger partial charge is 0.388 e. The first-order chi connectivity index (χ1) is 8.98. The SMILES string of the molecule is CC(OCc1ccccc1)C(=O)N1CCC(C)(O)C1. The van der Waals surface area contributed by atoms with Crippen LogP contribution in [0.3, 0.4) is 0 Å². The van der Waals surface area contributed by atoms with Crippen LogP contribution < -0.4 is 0 Å². The van der Waals surface area contributed by atoms with E-state index < -0.39 is 11.7 Å². The fourth-order valence-electron chi connectivity index (χ4n) is 2.26. The second kappa shape index (κ2) is 5.72. The van der Waals surface area contributed by atoms with Crippen molar-refractivity contribution in [3.8, 4) is 0 Å². The van der Waals surface area contributed by atoms with E-state index in [1.807, 2.05) is 30.3 Å². The minimum atomic E-state index is -0.755. The highest BCUT2D eigenvalue weighted by Gasteiger charge is 2.35. The third kappa shape index (κ3) is 3.78. The van der Waals surface area contributed by atoms with E-state index in [1.54, 1.807) is 18.7 Å². The predicted octanol–water partition coefficient (Wildman–Crippen LogP) is 1.57. The van der Waals surface area contributed by atoms with Crippen LogP contribution in [0.15, 0.2) is 30.3 Å². The topological polar surface area (TPSA) is 49.8 Å². The van der Waals surface area contributed by atoms with E-state index in [1.165, 1.54) is 0 Å². The number of aliphatic hydroxyl groups is 1. The summed E-state index contributed by atoms with van der Waals surface area (Å²) in [5.41, 5.74) is 0.296. The summed E-state index contributed by atoms with van der Waals surface area (Å²) in [6, 6.07) is 9.78. The van der Waals surface area contributed by atoms with E-state index >= 15 is 0 Å². The summed E-state index contributed by atoms with van der Waals surface area (Å²) in [6.07, 6.45) is 0.151. The van der Waals surface area contributed by atoms with E-state index in [4.69, 9.17) is 4.74 Å². The van der Waals surface area contributed by atoms with Gasteiger partial charge < -0.3 is 14.7 Å². The van der Waals surface area contributed by atoms with Crippen molar-refractivity contribution in [2.75, 3.05) is 13.1 Å². The molecule has 1 aliphatic rings. The van der Waals surface area contributed by atoms with Crippen molar-refractivity contribution in [2.45, 2.75) is 38.6 Å². The average Bonchev–Trinajstić information content (AvgIpc) is 2.76. The number of carbonyl (C=O) groups is 1. The second-order valence-corrected chi connectivity index (χ2v) is 5.45.